The maximum atomic E-state index is 13.0. The van der Waals surface area contributed by atoms with Gasteiger partial charge in [0, 0.05) is 19.8 Å². The summed E-state index contributed by atoms with van der Waals surface area (Å²) in [5.41, 5.74) is 3.20. The summed E-state index contributed by atoms with van der Waals surface area (Å²) in [5.74, 6) is -0.937. The van der Waals surface area contributed by atoms with Crippen LogP contribution in [0.15, 0.2) is 54.1 Å². The van der Waals surface area contributed by atoms with Crippen LogP contribution in [0.1, 0.15) is 37.3 Å². The highest BCUT2D eigenvalue weighted by molar-refractivity contribution is 6.39. The molecule has 2 aromatic rings. The summed E-state index contributed by atoms with van der Waals surface area (Å²) in [7, 11) is 3.86. The van der Waals surface area contributed by atoms with Crippen molar-refractivity contribution in [2.45, 2.75) is 26.2 Å². The summed E-state index contributed by atoms with van der Waals surface area (Å²) in [6, 6.07) is 14.0. The van der Waals surface area contributed by atoms with Crippen molar-refractivity contribution in [3.8, 4) is 0 Å². The van der Waals surface area contributed by atoms with E-state index in [1.165, 1.54) is 6.08 Å². The summed E-state index contributed by atoms with van der Waals surface area (Å²) in [5, 5.41) is 2.26. The quantitative estimate of drug-likeness (QED) is 0.619. The molecule has 0 saturated carbocycles. The number of urea groups is 1. The second-order valence-electron chi connectivity index (χ2n) is 7.34. The lowest BCUT2D eigenvalue weighted by molar-refractivity contribution is -0.122. The predicted octanol–water partition coefficient (Wildman–Crippen LogP) is 3.93. The van der Waals surface area contributed by atoms with Crippen molar-refractivity contribution in [3.63, 3.8) is 0 Å². The lowest BCUT2D eigenvalue weighted by Crippen LogP contribution is -2.54. The van der Waals surface area contributed by atoms with Gasteiger partial charge in [-0.15, -0.1) is 0 Å². The van der Waals surface area contributed by atoms with Crippen LogP contribution in [0.5, 0.6) is 0 Å². The van der Waals surface area contributed by atoms with Crippen molar-refractivity contribution < 1.29 is 14.4 Å². The molecule has 0 bridgehead atoms. The van der Waals surface area contributed by atoms with Gasteiger partial charge < -0.3 is 4.90 Å². The molecule has 2 aromatic carbocycles. The number of hydrogen-bond acceptors (Lipinski definition) is 4. The molecular weight excluding hydrogens is 366 g/mol. The smallest absolute Gasteiger partial charge is 0.335 e. The third kappa shape index (κ3) is 4.21. The molecule has 1 heterocycles. The molecule has 1 fully saturated rings. The Hall–Kier alpha value is -3.41. The fourth-order valence-electron chi connectivity index (χ4n) is 3.11. The van der Waals surface area contributed by atoms with Gasteiger partial charge in [0.05, 0.1) is 5.69 Å². The van der Waals surface area contributed by atoms with Gasteiger partial charge in [-0.25, -0.2) is 9.69 Å². The third-order valence-electron chi connectivity index (χ3n) is 5.15. The summed E-state index contributed by atoms with van der Waals surface area (Å²) >= 11 is 0. The number of benzene rings is 2. The van der Waals surface area contributed by atoms with Crippen LogP contribution in [-0.4, -0.2) is 31.9 Å². The Labute approximate surface area is 170 Å². The van der Waals surface area contributed by atoms with Crippen LogP contribution in [0, 0.1) is 0 Å². The van der Waals surface area contributed by atoms with Crippen molar-refractivity contribution in [2.24, 2.45) is 0 Å². The van der Waals surface area contributed by atoms with Gasteiger partial charge in [-0.2, -0.15) is 0 Å². The van der Waals surface area contributed by atoms with Crippen molar-refractivity contribution in [2.75, 3.05) is 23.9 Å². The molecule has 0 aromatic heterocycles. The molecule has 6 heteroatoms. The average molecular weight is 391 g/mol. The summed E-state index contributed by atoms with van der Waals surface area (Å²) in [6.45, 7) is 4.22. The summed E-state index contributed by atoms with van der Waals surface area (Å²) in [6.07, 6.45) is 2.50. The maximum absolute atomic E-state index is 13.0. The number of barbiturate groups is 1. The Morgan fingerprint density at radius 1 is 1.00 bits per heavy atom. The molecule has 0 radical (unpaired) electrons. The molecule has 0 spiro atoms. The number of amides is 4. The number of carbonyl (C=O) groups is 3. The van der Waals surface area contributed by atoms with Gasteiger partial charge in [0.1, 0.15) is 5.57 Å². The van der Waals surface area contributed by atoms with E-state index in [1.807, 2.05) is 55.4 Å². The number of carbonyl (C=O) groups excluding carboxylic acids is 3. The third-order valence-corrected chi connectivity index (χ3v) is 5.15. The van der Waals surface area contributed by atoms with E-state index in [2.05, 4.69) is 19.2 Å². The van der Waals surface area contributed by atoms with Gasteiger partial charge in [-0.05, 0) is 53.8 Å². The van der Waals surface area contributed by atoms with Crippen LogP contribution in [0.4, 0.5) is 16.2 Å². The van der Waals surface area contributed by atoms with E-state index in [9.17, 15) is 14.4 Å². The lowest BCUT2D eigenvalue weighted by Gasteiger charge is -2.26. The van der Waals surface area contributed by atoms with E-state index in [-0.39, 0.29) is 5.57 Å². The predicted molar refractivity (Wildman–Crippen MR) is 115 cm³/mol. The number of hydrogen-bond donors (Lipinski definition) is 1. The summed E-state index contributed by atoms with van der Waals surface area (Å²) in [4.78, 5) is 40.6. The van der Waals surface area contributed by atoms with Crippen LogP contribution < -0.4 is 15.1 Å². The molecule has 1 aliphatic heterocycles. The Balaban J connectivity index is 1.91. The zero-order valence-electron chi connectivity index (χ0n) is 17.1. The summed E-state index contributed by atoms with van der Waals surface area (Å²) < 4.78 is 0. The van der Waals surface area contributed by atoms with E-state index >= 15 is 0 Å². The van der Waals surface area contributed by atoms with E-state index in [0.29, 0.717) is 17.2 Å². The molecule has 0 unspecified atom stereocenters. The lowest BCUT2D eigenvalue weighted by atomic mass is 9.98. The normalized spacial score (nSPS) is 16.8. The first-order chi connectivity index (χ1) is 13.8. The molecule has 29 heavy (non-hydrogen) atoms. The maximum Gasteiger partial charge on any atom is 0.335 e. The second kappa shape index (κ2) is 8.31. The first-order valence-electron chi connectivity index (χ1n) is 9.60. The minimum absolute atomic E-state index is 0.0757. The van der Waals surface area contributed by atoms with Crippen LogP contribution in [0.3, 0.4) is 0 Å². The Bertz CT molecular complexity index is 960. The van der Waals surface area contributed by atoms with Crippen molar-refractivity contribution in [1.29, 1.82) is 0 Å². The molecule has 4 amide bonds. The van der Waals surface area contributed by atoms with Gasteiger partial charge >= 0.3 is 6.03 Å². The Morgan fingerprint density at radius 3 is 2.17 bits per heavy atom. The van der Waals surface area contributed by atoms with E-state index in [4.69, 9.17) is 0 Å². The van der Waals surface area contributed by atoms with Gasteiger partial charge in [0.25, 0.3) is 11.8 Å². The first kappa shape index (κ1) is 20.3. The molecule has 150 valence electrons. The number of rotatable bonds is 5. The topological polar surface area (TPSA) is 69.7 Å². The monoisotopic (exact) mass is 391 g/mol. The van der Waals surface area contributed by atoms with Crippen molar-refractivity contribution in [1.82, 2.24) is 5.32 Å². The van der Waals surface area contributed by atoms with Crippen LogP contribution in [-0.2, 0) is 9.59 Å². The Kier molecular flexibility index (Phi) is 5.82. The van der Waals surface area contributed by atoms with E-state index in [1.54, 1.807) is 12.1 Å². The zero-order chi connectivity index (χ0) is 21.1. The number of imide groups is 2. The van der Waals surface area contributed by atoms with Gasteiger partial charge in [-0.1, -0.05) is 38.1 Å². The second-order valence-corrected chi connectivity index (χ2v) is 7.34. The van der Waals surface area contributed by atoms with Crippen LogP contribution in [0.25, 0.3) is 6.08 Å². The fourth-order valence-corrected chi connectivity index (χ4v) is 3.11. The molecular formula is C23H25N3O3. The van der Waals surface area contributed by atoms with Crippen molar-refractivity contribution >= 4 is 35.3 Å². The highest BCUT2D eigenvalue weighted by Crippen LogP contribution is 2.26. The van der Waals surface area contributed by atoms with Crippen molar-refractivity contribution in [3.05, 3.63) is 65.2 Å². The van der Waals surface area contributed by atoms with Gasteiger partial charge in [0.15, 0.2) is 0 Å². The van der Waals surface area contributed by atoms with Crippen LogP contribution in [0.2, 0.25) is 0 Å². The number of nitrogens with one attached hydrogen (secondary N) is 1. The number of anilines is 2. The largest absolute Gasteiger partial charge is 0.378 e. The highest BCUT2D eigenvalue weighted by atomic mass is 16.2. The molecule has 1 atom stereocenters. The zero-order valence-corrected chi connectivity index (χ0v) is 17.1. The average Bonchev–Trinajstić information content (AvgIpc) is 2.71. The molecule has 6 nitrogen and oxygen atoms in total. The number of nitrogens with zero attached hydrogens (tertiary/aromatic N) is 2. The molecule has 1 N–H and O–H groups in total. The minimum Gasteiger partial charge on any atom is -0.378 e. The molecule has 3 rings (SSSR count). The fraction of sp³-hybridized carbons (Fsp3) is 0.261. The molecule has 0 aliphatic carbocycles. The van der Waals surface area contributed by atoms with Gasteiger partial charge in [0.2, 0.25) is 0 Å². The standard InChI is InChI=1S/C23H25N3O3/c1-5-15(2)17-8-12-19(13-9-17)26-22(28)20(21(27)24-23(26)29)14-16-6-10-18(11-7-16)25(3)4/h6-15H,5H2,1-4H3,(H,24,27,29)/b20-14+/t15-/m0/s1. The molecule has 1 aliphatic rings. The van der Waals surface area contributed by atoms with E-state index < -0.39 is 17.8 Å². The Morgan fingerprint density at radius 2 is 1.62 bits per heavy atom. The molecule has 1 saturated heterocycles. The highest BCUT2D eigenvalue weighted by Gasteiger charge is 2.36. The van der Waals surface area contributed by atoms with Gasteiger partial charge in [-0.3, -0.25) is 14.9 Å². The van der Waals surface area contributed by atoms with Crippen LogP contribution >= 0.6 is 0 Å². The van der Waals surface area contributed by atoms with E-state index in [0.717, 1.165) is 22.6 Å². The first-order valence-corrected chi connectivity index (χ1v) is 9.60. The minimum atomic E-state index is -0.739. The SMILES string of the molecule is CC[C@H](C)c1ccc(N2C(=O)NC(=O)/C(=C\c3ccc(N(C)C)cc3)C2=O)cc1.